The Kier molecular flexibility index (Phi) is 9.26. The summed E-state index contributed by atoms with van der Waals surface area (Å²) in [4.78, 5) is 17.8. The van der Waals surface area contributed by atoms with Gasteiger partial charge in [-0.1, -0.05) is 0 Å². The van der Waals surface area contributed by atoms with E-state index in [-0.39, 0.29) is 36.1 Å². The maximum atomic E-state index is 11.9. The van der Waals surface area contributed by atoms with Gasteiger partial charge in [0, 0.05) is 39.9 Å². The summed E-state index contributed by atoms with van der Waals surface area (Å²) in [5, 5.41) is 6.60. The molecule has 2 N–H and O–H groups in total. The number of halogens is 1. The van der Waals surface area contributed by atoms with Crippen LogP contribution in [0.2, 0.25) is 0 Å². The number of rotatable bonds is 7. The predicted octanol–water partition coefficient (Wildman–Crippen LogP) is 2.21. The van der Waals surface area contributed by atoms with E-state index in [1.165, 1.54) is 12.8 Å². The van der Waals surface area contributed by atoms with Crippen molar-refractivity contribution in [3.8, 4) is 0 Å². The Balaban J connectivity index is 0.00000312. The summed E-state index contributed by atoms with van der Waals surface area (Å²) in [6, 6.07) is 0.217. The Labute approximate surface area is 168 Å². The maximum absolute atomic E-state index is 11.9. The van der Waals surface area contributed by atoms with Crippen LogP contribution in [-0.2, 0) is 9.47 Å². The lowest BCUT2D eigenvalue weighted by Gasteiger charge is -2.40. The van der Waals surface area contributed by atoms with Crippen molar-refractivity contribution in [2.24, 2.45) is 10.9 Å². The van der Waals surface area contributed by atoms with E-state index in [4.69, 9.17) is 9.47 Å². The molecular formula is C17H33IN4O3. The van der Waals surface area contributed by atoms with E-state index in [1.807, 2.05) is 20.8 Å². The molecule has 0 aromatic heterocycles. The van der Waals surface area contributed by atoms with Crippen molar-refractivity contribution in [2.75, 3.05) is 39.9 Å². The van der Waals surface area contributed by atoms with Gasteiger partial charge in [-0.15, -0.1) is 24.0 Å². The molecule has 1 heterocycles. The molecule has 1 saturated carbocycles. The van der Waals surface area contributed by atoms with Crippen molar-refractivity contribution in [2.45, 2.75) is 51.7 Å². The third kappa shape index (κ3) is 8.94. The van der Waals surface area contributed by atoms with Gasteiger partial charge in [-0.05, 0) is 46.0 Å². The van der Waals surface area contributed by atoms with Crippen molar-refractivity contribution in [1.82, 2.24) is 15.5 Å². The highest BCUT2D eigenvalue weighted by Crippen LogP contribution is 2.28. The number of hydrogen-bond donors (Lipinski definition) is 2. The number of likely N-dealkylation sites (tertiary alicyclic amines) is 1. The minimum Gasteiger partial charge on any atom is -0.444 e. The number of nitrogens with zero attached hydrogens (tertiary/aromatic N) is 2. The molecule has 0 aromatic carbocycles. The number of carbonyl (C=O) groups is 1. The molecule has 0 radical (unpaired) electrons. The number of amides is 1. The molecule has 2 aliphatic rings. The number of nitrogens with one attached hydrogen (secondary N) is 2. The summed E-state index contributed by atoms with van der Waals surface area (Å²) in [7, 11) is 1.75. The molecule has 2 rings (SSSR count). The van der Waals surface area contributed by atoms with Crippen molar-refractivity contribution >= 4 is 36.0 Å². The second-order valence-corrected chi connectivity index (χ2v) is 7.60. The first-order chi connectivity index (χ1) is 11.4. The molecule has 1 aliphatic heterocycles. The van der Waals surface area contributed by atoms with Crippen LogP contribution < -0.4 is 10.6 Å². The van der Waals surface area contributed by atoms with Gasteiger partial charge < -0.3 is 25.0 Å². The van der Waals surface area contributed by atoms with Gasteiger partial charge in [0.1, 0.15) is 5.60 Å². The zero-order chi connectivity index (χ0) is 17.6. The number of aliphatic imine (C=N–C) groups is 1. The second kappa shape index (κ2) is 10.4. The van der Waals surface area contributed by atoms with Crippen LogP contribution in [0.3, 0.4) is 0 Å². The van der Waals surface area contributed by atoms with Gasteiger partial charge in [0.05, 0.1) is 6.04 Å². The third-order valence-corrected chi connectivity index (χ3v) is 3.91. The Morgan fingerprint density at radius 3 is 2.52 bits per heavy atom. The van der Waals surface area contributed by atoms with Crippen molar-refractivity contribution in [1.29, 1.82) is 0 Å². The molecule has 146 valence electrons. The fourth-order valence-corrected chi connectivity index (χ4v) is 2.35. The molecule has 1 saturated heterocycles. The standard InChI is InChI=1S/C17H32N4O3.HI/c1-17(2,3)24-16(22)21-10-14(11-21)20-15(18-4)19-8-5-9-23-12-13-6-7-13;/h13-14H,5-12H2,1-4H3,(H2,18,19,20);1H. The molecule has 0 aromatic rings. The summed E-state index contributed by atoms with van der Waals surface area (Å²) in [5.41, 5.74) is -0.450. The van der Waals surface area contributed by atoms with Crippen molar-refractivity contribution in [3.05, 3.63) is 0 Å². The predicted molar refractivity (Wildman–Crippen MR) is 110 cm³/mol. The Bertz CT molecular complexity index is 444. The smallest absolute Gasteiger partial charge is 0.410 e. The Hall–Kier alpha value is -0.770. The summed E-state index contributed by atoms with van der Waals surface area (Å²) >= 11 is 0. The average Bonchev–Trinajstić information content (AvgIpc) is 3.25. The minimum absolute atomic E-state index is 0. The van der Waals surface area contributed by atoms with Crippen LogP contribution in [0, 0.1) is 5.92 Å². The molecule has 0 atom stereocenters. The molecule has 0 spiro atoms. The highest BCUT2D eigenvalue weighted by molar-refractivity contribution is 14.0. The maximum Gasteiger partial charge on any atom is 0.410 e. The normalized spacial score (nSPS) is 18.2. The van der Waals surface area contributed by atoms with Crippen LogP contribution in [0.15, 0.2) is 4.99 Å². The second-order valence-electron chi connectivity index (χ2n) is 7.60. The molecule has 0 unspecified atom stereocenters. The lowest BCUT2D eigenvalue weighted by Crippen LogP contribution is -2.63. The summed E-state index contributed by atoms with van der Waals surface area (Å²) in [5.74, 6) is 1.59. The van der Waals surface area contributed by atoms with Gasteiger partial charge in [-0.3, -0.25) is 4.99 Å². The van der Waals surface area contributed by atoms with Gasteiger partial charge >= 0.3 is 6.09 Å². The lowest BCUT2D eigenvalue weighted by molar-refractivity contribution is 0.00700. The summed E-state index contributed by atoms with van der Waals surface area (Å²) in [6.45, 7) is 9.43. The molecule has 8 heteroatoms. The van der Waals surface area contributed by atoms with Gasteiger partial charge in [0.15, 0.2) is 5.96 Å². The number of guanidine groups is 1. The molecule has 2 fully saturated rings. The fraction of sp³-hybridized carbons (Fsp3) is 0.882. The van der Waals surface area contributed by atoms with Gasteiger partial charge in [-0.25, -0.2) is 4.79 Å². The van der Waals surface area contributed by atoms with Crippen molar-refractivity contribution in [3.63, 3.8) is 0 Å². The molecule has 25 heavy (non-hydrogen) atoms. The molecular weight excluding hydrogens is 435 g/mol. The van der Waals surface area contributed by atoms with E-state index >= 15 is 0 Å². The minimum atomic E-state index is -0.450. The van der Waals surface area contributed by atoms with E-state index in [1.54, 1.807) is 11.9 Å². The van der Waals surface area contributed by atoms with Gasteiger partial charge in [0.25, 0.3) is 0 Å². The van der Waals surface area contributed by atoms with Crippen LogP contribution in [0.25, 0.3) is 0 Å². The highest BCUT2D eigenvalue weighted by Gasteiger charge is 2.34. The number of carbonyl (C=O) groups excluding carboxylic acids is 1. The van der Waals surface area contributed by atoms with E-state index in [0.717, 1.165) is 38.1 Å². The van der Waals surface area contributed by atoms with Crippen LogP contribution >= 0.6 is 24.0 Å². The molecule has 1 amide bonds. The SMILES string of the molecule is CN=C(NCCCOCC1CC1)NC1CN(C(=O)OC(C)(C)C)C1.I. The monoisotopic (exact) mass is 468 g/mol. The highest BCUT2D eigenvalue weighted by atomic mass is 127. The number of ether oxygens (including phenoxy) is 2. The van der Waals surface area contributed by atoms with Crippen LogP contribution in [0.4, 0.5) is 4.79 Å². The quantitative estimate of drug-likeness (QED) is 0.260. The fourth-order valence-electron chi connectivity index (χ4n) is 2.35. The molecule has 1 aliphatic carbocycles. The number of hydrogen-bond acceptors (Lipinski definition) is 4. The van der Waals surface area contributed by atoms with E-state index in [9.17, 15) is 4.79 Å². The van der Waals surface area contributed by atoms with Crippen molar-refractivity contribution < 1.29 is 14.3 Å². The van der Waals surface area contributed by atoms with Gasteiger partial charge in [-0.2, -0.15) is 0 Å². The third-order valence-electron chi connectivity index (χ3n) is 3.91. The Morgan fingerprint density at radius 2 is 1.96 bits per heavy atom. The summed E-state index contributed by atoms with van der Waals surface area (Å²) < 4.78 is 11.0. The Morgan fingerprint density at radius 1 is 1.28 bits per heavy atom. The average molecular weight is 468 g/mol. The van der Waals surface area contributed by atoms with Crippen LogP contribution in [0.5, 0.6) is 0 Å². The van der Waals surface area contributed by atoms with Gasteiger partial charge in [0.2, 0.25) is 0 Å². The molecule has 0 bridgehead atoms. The molecule has 7 nitrogen and oxygen atoms in total. The van der Waals surface area contributed by atoms with Crippen LogP contribution in [0.1, 0.15) is 40.0 Å². The van der Waals surface area contributed by atoms with E-state index in [2.05, 4.69) is 15.6 Å². The lowest BCUT2D eigenvalue weighted by atomic mass is 10.1. The van der Waals surface area contributed by atoms with Crippen LogP contribution in [-0.4, -0.2) is 68.5 Å². The zero-order valence-corrected chi connectivity index (χ0v) is 18.2. The first kappa shape index (κ1) is 22.3. The zero-order valence-electron chi connectivity index (χ0n) is 15.8. The topological polar surface area (TPSA) is 75.2 Å². The van der Waals surface area contributed by atoms with E-state index in [0.29, 0.717) is 13.1 Å². The largest absolute Gasteiger partial charge is 0.444 e. The van der Waals surface area contributed by atoms with E-state index < -0.39 is 5.60 Å². The summed E-state index contributed by atoms with van der Waals surface area (Å²) in [6.07, 6.45) is 3.37. The first-order valence-electron chi connectivity index (χ1n) is 8.90. The first-order valence-corrected chi connectivity index (χ1v) is 8.90.